The first-order chi connectivity index (χ1) is 46.8. The van der Waals surface area contributed by atoms with Gasteiger partial charge in [-0.25, -0.2) is 21.9 Å². The second-order valence-corrected chi connectivity index (χ2v) is 30.2. The molecule has 0 aromatic heterocycles. The monoisotopic (exact) mass is 1500 g/mol. The van der Waals surface area contributed by atoms with E-state index >= 15 is 0 Å². The number of benzene rings is 2. The van der Waals surface area contributed by atoms with Crippen molar-refractivity contribution in [1.29, 1.82) is 0 Å². The van der Waals surface area contributed by atoms with Crippen LogP contribution < -0.4 is 49.5 Å². The van der Waals surface area contributed by atoms with Gasteiger partial charge in [-0.1, -0.05) is 12.1 Å². The molecule has 569 valence electrons. The molecular formula is C67H118B6ClF2MgN7O16PS. The largest absolute Gasteiger partial charge is 2.00 e. The number of aliphatic hydroxyl groups excluding tert-OH is 2. The van der Waals surface area contributed by atoms with Gasteiger partial charge < -0.3 is 102 Å². The van der Waals surface area contributed by atoms with Gasteiger partial charge in [0.2, 0.25) is 10.0 Å². The van der Waals surface area contributed by atoms with E-state index in [9.17, 15) is 66.3 Å². The van der Waals surface area contributed by atoms with Crippen LogP contribution in [0.4, 0.5) is 8.78 Å². The molecule has 102 heavy (non-hydrogen) atoms. The molecule has 0 saturated heterocycles. The van der Waals surface area contributed by atoms with Crippen molar-refractivity contribution in [2.45, 2.75) is 296 Å². The number of hydrogen-bond acceptors (Lipinski definition) is 22. The van der Waals surface area contributed by atoms with Gasteiger partial charge in [-0.15, -0.1) is 8.58 Å². The van der Waals surface area contributed by atoms with E-state index in [0.29, 0.717) is 93.3 Å². The smallest absolute Gasteiger partial charge is 1.00 e. The van der Waals surface area contributed by atoms with Gasteiger partial charge >= 0.3 is 65.4 Å². The maximum atomic E-state index is 13.9. The minimum atomic E-state index is -3.70. The molecule has 5 radical (unpaired) electrons. The van der Waals surface area contributed by atoms with E-state index in [2.05, 4.69) is 48.7 Å². The Balaban J connectivity index is -0.00000113. The molecule has 0 aliphatic heterocycles. The Morgan fingerprint density at radius 3 is 1.23 bits per heavy atom. The van der Waals surface area contributed by atoms with Crippen LogP contribution in [-0.4, -0.2) is 234 Å². The Labute approximate surface area is 636 Å². The molecule has 15 N–H and O–H groups in total. The summed E-state index contributed by atoms with van der Waals surface area (Å²) in [5, 5.41) is 68.7. The van der Waals surface area contributed by atoms with Gasteiger partial charge in [-0.2, -0.15) is 0 Å². The summed E-state index contributed by atoms with van der Waals surface area (Å²) in [7, 11) is 5.06. The van der Waals surface area contributed by atoms with Crippen molar-refractivity contribution in [1.82, 2.24) is 25.6 Å². The Morgan fingerprint density at radius 1 is 0.559 bits per heavy atom. The second-order valence-electron chi connectivity index (χ2n) is 27.5. The van der Waals surface area contributed by atoms with E-state index in [-0.39, 0.29) is 78.1 Å². The van der Waals surface area contributed by atoms with E-state index in [1.807, 2.05) is 20.8 Å². The molecule has 7 aliphatic carbocycles. The number of sulfonamides is 1. The van der Waals surface area contributed by atoms with E-state index < -0.39 is 44.1 Å². The fourth-order valence-corrected chi connectivity index (χ4v) is 12.8. The van der Waals surface area contributed by atoms with E-state index in [0.717, 1.165) is 187 Å². The van der Waals surface area contributed by atoms with Crippen molar-refractivity contribution in [3.8, 4) is 11.1 Å². The minimum absolute atomic E-state index is 0. The normalized spacial score (nSPS) is 27.8. The minimum Gasteiger partial charge on any atom is -1.00 e. The third-order valence-electron chi connectivity index (χ3n) is 17.9. The predicted octanol–water partition coefficient (Wildman–Crippen LogP) is 1.84. The first-order valence-corrected chi connectivity index (χ1v) is 38.4. The number of nitrogens with two attached hydrogens (primary N) is 2. The van der Waals surface area contributed by atoms with Crippen molar-refractivity contribution in [3.05, 3.63) is 61.5 Å². The van der Waals surface area contributed by atoms with Crippen LogP contribution in [0.25, 0.3) is 11.1 Å². The van der Waals surface area contributed by atoms with Crippen molar-refractivity contribution in [2.75, 3.05) is 19.8 Å². The molecule has 9 rings (SSSR count). The summed E-state index contributed by atoms with van der Waals surface area (Å²) in [6, 6.07) is 11.0. The molecule has 35 heteroatoms. The number of halogens is 3. The molecule has 23 nitrogen and oxygen atoms in total. The van der Waals surface area contributed by atoms with Crippen molar-refractivity contribution >= 4 is 116 Å². The second kappa shape index (κ2) is 58.7. The third-order valence-corrected chi connectivity index (χ3v) is 19.4. The summed E-state index contributed by atoms with van der Waals surface area (Å²) in [5.74, 6) is -1.02. The Kier molecular flexibility index (Phi) is 59.7. The average molecular weight is 1500 g/mol. The fourth-order valence-electron chi connectivity index (χ4n) is 11.5. The summed E-state index contributed by atoms with van der Waals surface area (Å²) in [5.41, 5.74) is 9.78. The number of ketones is 1. The van der Waals surface area contributed by atoms with Crippen molar-refractivity contribution in [2.24, 2.45) is 11.5 Å². The summed E-state index contributed by atoms with van der Waals surface area (Å²) in [4.78, 5) is 59.2. The molecule has 7 fully saturated rings. The van der Waals surface area contributed by atoms with Crippen LogP contribution in [0, 0.1) is 19.1 Å². The predicted molar refractivity (Wildman–Crippen MR) is 406 cm³/mol. The number of hydrogen-bond donors (Lipinski definition) is 13. The van der Waals surface area contributed by atoms with Crippen LogP contribution in [0.15, 0.2) is 47.4 Å². The van der Waals surface area contributed by atoms with Crippen LogP contribution in [0.5, 0.6) is 0 Å². The van der Waals surface area contributed by atoms with Crippen LogP contribution in [0.3, 0.4) is 0 Å². The van der Waals surface area contributed by atoms with Crippen LogP contribution >= 0.6 is 8.58 Å². The first-order valence-electron chi connectivity index (χ1n) is 34.9. The molecule has 7 saturated carbocycles. The third kappa shape index (κ3) is 51.1. The van der Waals surface area contributed by atoms with Crippen molar-refractivity contribution < 1.29 is 98.6 Å². The van der Waals surface area contributed by atoms with Crippen LogP contribution in [0.1, 0.15) is 207 Å². The number of aliphatic hydroxyl groups is 6. The fraction of sp³-hybridized carbons (Fsp3) is 0.731. The molecule has 0 spiro atoms. The van der Waals surface area contributed by atoms with Crippen LogP contribution in [-0.2, 0) is 48.4 Å². The number of rotatable bonds is 20. The molecule has 7 aliphatic rings. The van der Waals surface area contributed by atoms with Gasteiger partial charge in [-0.3, -0.25) is 4.79 Å². The standard InChI is InChI=1S/C19H21F2NO3S.2C8H15BNO2.C7H13BNO2.C7H11BNO2.C7H15NO.C6H13NO.C2H5B2O3.C2H7P.CH3.ClH.Mg/c1-19(23)10-8-15(9-11-19)22-26(24,25)16-5-2-13(3-6-16)17-7-4-14(20)12-18(17)21;2*1-8(12)4-2-7(3-5-8)10-9-6-11;2*10-5-8-9-6-1-3-7(11)4-2-6;1-7(9)4-2-6(8)3-5-7;7-5-1-3-6(8)4-2-5;1-3-7-6-2-4-5;1-3-2;;;/h2-7,12,15,22-23H,8-11H2,1H3;2*6-7,10,12H,2-5H2,1H3;5-7,9,11H,1-4H2;5-6,9H,1-4H2;6,9H,2-5,8H2,1H3;5-6,8H,1-4,7H2;2H2,1H3;3H,1-2H3;1H3;1H;/q;;;;;;;;;-1;;+2/p-1. The molecule has 0 heterocycles. The summed E-state index contributed by atoms with van der Waals surface area (Å²) in [6.07, 6.45) is 26.3. The number of carbonyl (C=O) groups is 5. The summed E-state index contributed by atoms with van der Waals surface area (Å²) in [6.45, 7) is 13.3. The Morgan fingerprint density at radius 2 is 0.892 bits per heavy atom. The zero-order valence-corrected chi connectivity index (χ0v) is 65.7. The quantitative estimate of drug-likeness (QED) is 0.0171. The van der Waals surface area contributed by atoms with Crippen LogP contribution in [0.2, 0.25) is 6.82 Å². The van der Waals surface area contributed by atoms with E-state index in [4.69, 9.17) is 21.7 Å². The Hall–Kier alpha value is -2.32. The van der Waals surface area contributed by atoms with E-state index in [1.165, 1.54) is 67.5 Å². The van der Waals surface area contributed by atoms with E-state index in [1.54, 1.807) is 13.7 Å². The molecule has 0 atom stereocenters. The molecule has 2 aromatic carbocycles. The van der Waals surface area contributed by atoms with Gasteiger partial charge in [0.1, 0.15) is 17.4 Å². The van der Waals surface area contributed by atoms with Crippen molar-refractivity contribution in [3.63, 3.8) is 0 Å². The summed E-state index contributed by atoms with van der Waals surface area (Å²) >= 11 is 0. The molecular weight excluding hydrogens is 1380 g/mol. The Bertz CT molecular complexity index is 2570. The SMILES string of the molecule is CC1(O)CCC(N)CC1.CC1(O)CCC(NS(=O)(=O)c2ccc(-c3ccc(F)cc3F)cc2)CC1.CC1(O)CCC(N[B]C=O)CC1.CC1(O)CCC(N[B]C=O)CC1.CPC.C[B]OOCB=O.NC1CCC(O)CC1.O=C[B]NC1CCC(=O)CC1.O=C[B]NC1CCC(O)CC1.[CH3-].[Cl-].[Mg+2]. The zero-order valence-electron chi connectivity index (χ0n) is 61.7. The molecule has 0 bridgehead atoms. The zero-order chi connectivity index (χ0) is 74.3. The van der Waals surface area contributed by atoms with Gasteiger partial charge in [0.15, 0.2) is 0 Å². The van der Waals surface area contributed by atoms with Gasteiger partial charge in [0, 0.05) is 42.6 Å². The molecule has 2 aromatic rings. The number of Topliss-reactive ketones (excluding diaryl/α,β-unsaturated/α-hetero) is 1. The number of carbonyl (C=O) groups excluding carboxylic acids is 5. The maximum absolute atomic E-state index is 13.9. The summed E-state index contributed by atoms with van der Waals surface area (Å²) < 4.78 is 64.0. The first kappa shape index (κ1) is 104. The van der Waals surface area contributed by atoms with Gasteiger partial charge in [0.25, 0.3) is 29.7 Å². The molecule has 0 unspecified atom stereocenters. The molecule has 0 amide bonds. The topological polar surface area (TPSA) is 389 Å². The van der Waals surface area contributed by atoms with Gasteiger partial charge in [0.05, 0.1) is 64.2 Å². The number of nitrogens with one attached hydrogen (secondary N) is 5. The maximum Gasteiger partial charge on any atom is 2.00 e. The van der Waals surface area contributed by atoms with Gasteiger partial charge in [-0.05, 0) is 262 Å². The average Bonchev–Trinajstić information content (AvgIpc) is 0.807.